The average Bonchev–Trinajstić information content (AvgIpc) is 3.07. The summed E-state index contributed by atoms with van der Waals surface area (Å²) in [6.45, 7) is 2.10. The Labute approximate surface area is 130 Å². The van der Waals surface area contributed by atoms with Crippen LogP contribution in [0.3, 0.4) is 0 Å². The summed E-state index contributed by atoms with van der Waals surface area (Å²) < 4.78 is 5.19. The summed E-state index contributed by atoms with van der Waals surface area (Å²) in [6.07, 6.45) is 5.43. The van der Waals surface area contributed by atoms with Crippen LogP contribution in [-0.4, -0.2) is 12.1 Å². The van der Waals surface area contributed by atoms with Gasteiger partial charge in [-0.2, -0.15) is 0 Å². The zero-order valence-electron chi connectivity index (χ0n) is 12.7. The van der Waals surface area contributed by atoms with Gasteiger partial charge in [0.05, 0.1) is 18.3 Å². The van der Waals surface area contributed by atoms with E-state index in [1.54, 1.807) is 7.11 Å². The molecule has 0 aliphatic heterocycles. The van der Waals surface area contributed by atoms with Gasteiger partial charge in [-0.3, -0.25) is 0 Å². The number of nitrogens with zero attached hydrogens (tertiary/aromatic N) is 1. The lowest BCUT2D eigenvalue weighted by molar-refractivity contribution is 0.414. The van der Waals surface area contributed by atoms with E-state index in [2.05, 4.69) is 19.1 Å². The van der Waals surface area contributed by atoms with Crippen molar-refractivity contribution >= 4 is 11.3 Å². The summed E-state index contributed by atoms with van der Waals surface area (Å²) in [6, 6.07) is 8.22. The molecule has 1 aliphatic rings. The normalized spacial score (nSPS) is 16.5. The lowest BCUT2D eigenvalue weighted by Crippen LogP contribution is -2.33. The van der Waals surface area contributed by atoms with Crippen LogP contribution in [0.4, 0.5) is 0 Å². The maximum absolute atomic E-state index is 6.53. The molecule has 21 heavy (non-hydrogen) atoms. The number of hydrogen-bond acceptors (Lipinski definition) is 4. The second-order valence-electron chi connectivity index (χ2n) is 6.01. The number of benzene rings is 1. The quantitative estimate of drug-likeness (QED) is 0.920. The molecule has 1 aromatic heterocycles. The molecule has 1 aliphatic carbocycles. The fraction of sp³-hybridized carbons (Fsp3) is 0.471. The van der Waals surface area contributed by atoms with Gasteiger partial charge < -0.3 is 10.5 Å². The molecule has 3 rings (SSSR count). The van der Waals surface area contributed by atoms with Crippen LogP contribution in [0.15, 0.2) is 24.3 Å². The van der Waals surface area contributed by atoms with Crippen LogP contribution in [0.25, 0.3) is 0 Å². The summed E-state index contributed by atoms with van der Waals surface area (Å²) >= 11 is 1.81. The van der Waals surface area contributed by atoms with E-state index in [9.17, 15) is 0 Å². The highest BCUT2D eigenvalue weighted by Crippen LogP contribution is 2.34. The maximum Gasteiger partial charge on any atom is 0.118 e. The van der Waals surface area contributed by atoms with E-state index in [0.717, 1.165) is 30.0 Å². The second-order valence-corrected chi connectivity index (χ2v) is 7.09. The number of ether oxygens (including phenoxy) is 1. The molecule has 0 radical (unpaired) electrons. The molecule has 0 amide bonds. The lowest BCUT2D eigenvalue weighted by atomic mass is 9.95. The van der Waals surface area contributed by atoms with Crippen LogP contribution in [0.1, 0.15) is 40.9 Å². The molecule has 1 unspecified atom stereocenters. The van der Waals surface area contributed by atoms with Crippen molar-refractivity contribution in [3.05, 3.63) is 45.4 Å². The van der Waals surface area contributed by atoms with E-state index >= 15 is 0 Å². The molecular weight excluding hydrogens is 280 g/mol. The molecule has 1 aromatic carbocycles. The highest BCUT2D eigenvalue weighted by molar-refractivity contribution is 7.12. The molecule has 0 bridgehead atoms. The standard InChI is InChI=1S/C17H22N2OS/c1-17(18,16-19-14-4-3-5-15(14)21-16)11-10-12-6-8-13(20-2)9-7-12/h6-9H,3-5,10-11,18H2,1-2H3. The number of thiazole rings is 1. The monoisotopic (exact) mass is 302 g/mol. The smallest absolute Gasteiger partial charge is 0.118 e. The van der Waals surface area contributed by atoms with Gasteiger partial charge in [0.2, 0.25) is 0 Å². The molecule has 1 atom stereocenters. The summed E-state index contributed by atoms with van der Waals surface area (Å²) in [5, 5.41) is 1.10. The second kappa shape index (κ2) is 5.78. The van der Waals surface area contributed by atoms with E-state index in [1.165, 1.54) is 29.0 Å². The third-order valence-corrected chi connectivity index (χ3v) is 5.61. The highest BCUT2D eigenvalue weighted by Gasteiger charge is 2.28. The molecule has 2 N–H and O–H groups in total. The van der Waals surface area contributed by atoms with Crippen molar-refractivity contribution < 1.29 is 4.74 Å². The lowest BCUT2D eigenvalue weighted by Gasteiger charge is -2.22. The number of aromatic nitrogens is 1. The summed E-state index contributed by atoms with van der Waals surface area (Å²) in [5.41, 5.74) is 8.76. The fourth-order valence-electron chi connectivity index (χ4n) is 2.74. The van der Waals surface area contributed by atoms with E-state index < -0.39 is 0 Å². The Morgan fingerprint density at radius 2 is 2.05 bits per heavy atom. The minimum absolute atomic E-state index is 0.338. The first-order chi connectivity index (χ1) is 10.1. The largest absolute Gasteiger partial charge is 0.497 e. The van der Waals surface area contributed by atoms with Crippen LogP contribution in [0.5, 0.6) is 5.75 Å². The van der Waals surface area contributed by atoms with Crippen molar-refractivity contribution in [1.82, 2.24) is 4.98 Å². The molecule has 3 nitrogen and oxygen atoms in total. The third kappa shape index (κ3) is 3.11. The van der Waals surface area contributed by atoms with Gasteiger partial charge in [-0.15, -0.1) is 11.3 Å². The van der Waals surface area contributed by atoms with Crippen molar-refractivity contribution in [2.24, 2.45) is 5.73 Å². The minimum atomic E-state index is -0.338. The third-order valence-electron chi connectivity index (χ3n) is 4.18. The van der Waals surface area contributed by atoms with Gasteiger partial charge in [0.1, 0.15) is 10.8 Å². The SMILES string of the molecule is COc1ccc(CCC(C)(N)c2nc3c(s2)CCC3)cc1. The summed E-state index contributed by atoms with van der Waals surface area (Å²) in [4.78, 5) is 6.23. The minimum Gasteiger partial charge on any atom is -0.497 e. The van der Waals surface area contributed by atoms with E-state index in [1.807, 2.05) is 23.5 Å². The number of hydrogen-bond donors (Lipinski definition) is 1. The zero-order chi connectivity index (χ0) is 14.9. The van der Waals surface area contributed by atoms with Crippen LogP contribution < -0.4 is 10.5 Å². The van der Waals surface area contributed by atoms with Crippen molar-refractivity contribution in [3.63, 3.8) is 0 Å². The molecule has 112 valence electrons. The highest BCUT2D eigenvalue weighted by atomic mass is 32.1. The number of nitrogens with two attached hydrogens (primary N) is 1. The first kappa shape index (κ1) is 14.5. The fourth-order valence-corrected chi connectivity index (χ4v) is 3.97. The number of aryl methyl sites for hydroxylation is 3. The molecule has 0 saturated carbocycles. The van der Waals surface area contributed by atoms with E-state index in [-0.39, 0.29) is 5.54 Å². The molecule has 1 heterocycles. The van der Waals surface area contributed by atoms with Crippen LogP contribution in [0.2, 0.25) is 0 Å². The van der Waals surface area contributed by atoms with E-state index in [4.69, 9.17) is 15.5 Å². The van der Waals surface area contributed by atoms with Crippen molar-refractivity contribution in [2.45, 2.75) is 44.6 Å². The summed E-state index contributed by atoms with van der Waals surface area (Å²) in [7, 11) is 1.69. The maximum atomic E-state index is 6.53. The van der Waals surface area contributed by atoms with Gasteiger partial charge in [0, 0.05) is 4.88 Å². The molecule has 0 fully saturated rings. The van der Waals surface area contributed by atoms with Gasteiger partial charge in [-0.05, 0) is 56.7 Å². The van der Waals surface area contributed by atoms with Crippen molar-refractivity contribution in [1.29, 1.82) is 0 Å². The van der Waals surface area contributed by atoms with Crippen LogP contribution in [-0.2, 0) is 24.8 Å². The predicted molar refractivity (Wildman–Crippen MR) is 87.0 cm³/mol. The molecule has 0 saturated heterocycles. The van der Waals surface area contributed by atoms with Crippen molar-refractivity contribution in [2.75, 3.05) is 7.11 Å². The Kier molecular flexibility index (Phi) is 4.00. The van der Waals surface area contributed by atoms with Gasteiger partial charge in [0.15, 0.2) is 0 Å². The predicted octanol–water partition coefficient (Wildman–Crippen LogP) is 3.45. The topological polar surface area (TPSA) is 48.1 Å². The zero-order valence-corrected chi connectivity index (χ0v) is 13.5. The van der Waals surface area contributed by atoms with Crippen LogP contribution >= 0.6 is 11.3 Å². The van der Waals surface area contributed by atoms with Gasteiger partial charge in [-0.25, -0.2) is 4.98 Å². The molecule has 4 heteroatoms. The van der Waals surface area contributed by atoms with Gasteiger partial charge >= 0.3 is 0 Å². The Bertz CT molecular complexity index is 595. The Balaban J connectivity index is 1.67. The molecular formula is C17H22N2OS. The Hall–Kier alpha value is -1.39. The van der Waals surface area contributed by atoms with Gasteiger partial charge in [-0.1, -0.05) is 12.1 Å². The first-order valence-electron chi connectivity index (χ1n) is 7.49. The number of fused-ring (bicyclic) bond motifs is 1. The van der Waals surface area contributed by atoms with Gasteiger partial charge in [0.25, 0.3) is 0 Å². The summed E-state index contributed by atoms with van der Waals surface area (Å²) in [5.74, 6) is 0.894. The average molecular weight is 302 g/mol. The van der Waals surface area contributed by atoms with Crippen LogP contribution in [0, 0.1) is 0 Å². The van der Waals surface area contributed by atoms with Crippen molar-refractivity contribution in [3.8, 4) is 5.75 Å². The van der Waals surface area contributed by atoms with E-state index in [0.29, 0.717) is 0 Å². The molecule has 2 aromatic rings. The first-order valence-corrected chi connectivity index (χ1v) is 8.31. The Morgan fingerprint density at radius 3 is 2.71 bits per heavy atom. The number of methoxy groups -OCH3 is 1. The Morgan fingerprint density at radius 1 is 1.29 bits per heavy atom. The number of rotatable bonds is 5. The molecule has 0 spiro atoms.